The maximum absolute atomic E-state index is 4.98. The van der Waals surface area contributed by atoms with Crippen molar-refractivity contribution in [3.63, 3.8) is 0 Å². The summed E-state index contributed by atoms with van der Waals surface area (Å²) in [4.78, 5) is 14.9. The summed E-state index contributed by atoms with van der Waals surface area (Å²) >= 11 is 1.81. The molecule has 0 unspecified atom stereocenters. The van der Waals surface area contributed by atoms with Crippen molar-refractivity contribution in [3.8, 4) is 62.1 Å². The Balaban J connectivity index is 0.916. The van der Waals surface area contributed by atoms with Crippen molar-refractivity contribution in [1.29, 1.82) is 0 Å². The average molecular weight is 773 g/mol. The number of nitrogens with zero attached hydrogens (tertiary/aromatic N) is 4. The van der Waals surface area contributed by atoms with E-state index < -0.39 is 0 Å². The molecule has 0 aliphatic heterocycles. The number of benzene rings is 8. The molecule has 0 radical (unpaired) electrons. The number of hydrogen-bond donors (Lipinski definition) is 0. The van der Waals surface area contributed by atoms with E-state index in [0.29, 0.717) is 17.5 Å². The molecule has 0 fully saturated rings. The zero-order valence-corrected chi connectivity index (χ0v) is 33.3. The fourth-order valence-electron chi connectivity index (χ4n) is 9.28. The molecule has 0 bridgehead atoms. The highest BCUT2D eigenvalue weighted by Gasteiger charge is 2.36. The molecule has 0 saturated carbocycles. The second-order valence-corrected chi connectivity index (χ2v) is 17.1. The van der Waals surface area contributed by atoms with Gasteiger partial charge in [-0.2, -0.15) is 0 Å². The van der Waals surface area contributed by atoms with Crippen LogP contribution in [0.15, 0.2) is 182 Å². The van der Waals surface area contributed by atoms with E-state index in [4.69, 9.17) is 15.0 Å². The van der Waals surface area contributed by atoms with Crippen LogP contribution in [0.2, 0.25) is 0 Å². The molecule has 1 aliphatic rings. The first-order valence-corrected chi connectivity index (χ1v) is 20.9. The fourth-order valence-corrected chi connectivity index (χ4v) is 10.5. The van der Waals surface area contributed by atoms with Crippen LogP contribution in [-0.4, -0.2) is 19.5 Å². The predicted molar refractivity (Wildman–Crippen MR) is 246 cm³/mol. The number of hydrogen-bond acceptors (Lipinski definition) is 4. The smallest absolute Gasteiger partial charge is 0.164 e. The molecule has 11 aromatic rings. The lowest BCUT2D eigenvalue weighted by Gasteiger charge is -2.21. The van der Waals surface area contributed by atoms with Crippen molar-refractivity contribution in [2.24, 2.45) is 0 Å². The SMILES string of the molecule is CC1(C)c2ccccc2-c2cc3c4ccccc4n(-c4ccc(-c5ccc6c(c5)sc5cc(-c7nc(-c8ccccc8)nc(-c8ccccc8)n7)ccc56)cc4)c3cc21. The largest absolute Gasteiger partial charge is 0.309 e. The number of rotatable bonds is 5. The Kier molecular flexibility index (Phi) is 7.41. The summed E-state index contributed by atoms with van der Waals surface area (Å²) in [5.74, 6) is 2.00. The first-order valence-electron chi connectivity index (χ1n) is 20.1. The molecular weight excluding hydrogens is 737 g/mol. The number of thiophene rings is 1. The van der Waals surface area contributed by atoms with Gasteiger partial charge in [0, 0.05) is 58.7 Å². The summed E-state index contributed by atoms with van der Waals surface area (Å²) in [6.07, 6.45) is 0. The molecule has 12 rings (SSSR count). The Morgan fingerprint density at radius 3 is 1.64 bits per heavy atom. The lowest BCUT2D eigenvalue weighted by Crippen LogP contribution is -2.14. The van der Waals surface area contributed by atoms with Gasteiger partial charge in [0.05, 0.1) is 11.0 Å². The molecule has 0 amide bonds. The van der Waals surface area contributed by atoms with Crippen molar-refractivity contribution in [3.05, 3.63) is 193 Å². The highest BCUT2D eigenvalue weighted by molar-refractivity contribution is 7.25. The van der Waals surface area contributed by atoms with Crippen LogP contribution in [0.25, 0.3) is 104 Å². The zero-order chi connectivity index (χ0) is 39.2. The fraction of sp³-hybridized carbons (Fsp3) is 0.0556. The van der Waals surface area contributed by atoms with E-state index in [2.05, 4.69) is 140 Å². The number of para-hydroxylation sites is 1. The van der Waals surface area contributed by atoms with Crippen LogP contribution in [0.4, 0.5) is 0 Å². The highest BCUT2D eigenvalue weighted by atomic mass is 32.1. The van der Waals surface area contributed by atoms with Gasteiger partial charge in [-0.1, -0.05) is 153 Å². The summed E-state index contributed by atoms with van der Waals surface area (Å²) in [6.45, 7) is 4.71. The van der Waals surface area contributed by atoms with Gasteiger partial charge in [0.2, 0.25) is 0 Å². The summed E-state index contributed by atoms with van der Waals surface area (Å²) in [6, 6.07) is 65.4. The number of fused-ring (bicyclic) bond motifs is 9. The zero-order valence-electron chi connectivity index (χ0n) is 32.5. The van der Waals surface area contributed by atoms with Gasteiger partial charge in [-0.05, 0) is 75.8 Å². The Bertz CT molecular complexity index is 3390. The molecule has 3 aromatic heterocycles. The van der Waals surface area contributed by atoms with Crippen LogP contribution in [-0.2, 0) is 5.41 Å². The molecule has 1 aliphatic carbocycles. The molecular formula is C54H36N4S. The van der Waals surface area contributed by atoms with E-state index in [0.717, 1.165) is 22.4 Å². The maximum Gasteiger partial charge on any atom is 0.164 e. The minimum Gasteiger partial charge on any atom is -0.309 e. The van der Waals surface area contributed by atoms with Crippen LogP contribution < -0.4 is 0 Å². The lowest BCUT2D eigenvalue weighted by atomic mass is 9.82. The normalized spacial score (nSPS) is 13.1. The third-order valence-corrected chi connectivity index (χ3v) is 13.4. The van der Waals surface area contributed by atoms with Crippen LogP contribution in [0.5, 0.6) is 0 Å². The van der Waals surface area contributed by atoms with Gasteiger partial charge in [0.15, 0.2) is 17.5 Å². The quantitative estimate of drug-likeness (QED) is 0.175. The van der Waals surface area contributed by atoms with Crippen LogP contribution in [0.1, 0.15) is 25.0 Å². The van der Waals surface area contributed by atoms with Crippen molar-refractivity contribution in [1.82, 2.24) is 19.5 Å². The molecule has 8 aromatic carbocycles. The van der Waals surface area contributed by atoms with Crippen molar-refractivity contribution in [2.45, 2.75) is 19.3 Å². The Labute approximate surface area is 345 Å². The predicted octanol–water partition coefficient (Wildman–Crippen LogP) is 14.3. The highest BCUT2D eigenvalue weighted by Crippen LogP contribution is 2.51. The third kappa shape index (κ3) is 5.32. The average Bonchev–Trinajstić information content (AvgIpc) is 3.90. The van der Waals surface area contributed by atoms with Crippen molar-refractivity contribution >= 4 is 53.3 Å². The molecule has 0 spiro atoms. The van der Waals surface area contributed by atoms with Gasteiger partial charge in [-0.25, -0.2) is 15.0 Å². The molecule has 0 saturated heterocycles. The van der Waals surface area contributed by atoms with Crippen LogP contribution in [0.3, 0.4) is 0 Å². The summed E-state index contributed by atoms with van der Waals surface area (Å²) < 4.78 is 4.90. The topological polar surface area (TPSA) is 43.6 Å². The first-order chi connectivity index (χ1) is 29.0. The minimum absolute atomic E-state index is 0.0668. The van der Waals surface area contributed by atoms with Crippen LogP contribution in [0, 0.1) is 0 Å². The van der Waals surface area contributed by atoms with E-state index in [1.54, 1.807) is 0 Å². The van der Waals surface area contributed by atoms with Crippen LogP contribution >= 0.6 is 11.3 Å². The monoisotopic (exact) mass is 772 g/mol. The maximum atomic E-state index is 4.98. The second-order valence-electron chi connectivity index (χ2n) is 16.0. The van der Waals surface area contributed by atoms with Crippen molar-refractivity contribution in [2.75, 3.05) is 0 Å². The number of aromatic nitrogens is 4. The summed E-state index contributed by atoms with van der Waals surface area (Å²) in [5, 5.41) is 5.06. The van der Waals surface area contributed by atoms with Gasteiger partial charge < -0.3 is 4.57 Å². The molecule has 0 N–H and O–H groups in total. The summed E-state index contributed by atoms with van der Waals surface area (Å²) in [5.41, 5.74) is 14.3. The molecule has 278 valence electrons. The van der Waals surface area contributed by atoms with Gasteiger partial charge in [-0.3, -0.25) is 0 Å². The third-order valence-electron chi connectivity index (χ3n) is 12.3. The molecule has 3 heterocycles. The van der Waals surface area contributed by atoms with E-state index in [-0.39, 0.29) is 5.41 Å². The lowest BCUT2D eigenvalue weighted by molar-refractivity contribution is 0.661. The second kappa shape index (κ2) is 12.9. The molecule has 5 heteroatoms. The van der Waals surface area contributed by atoms with E-state index in [9.17, 15) is 0 Å². The van der Waals surface area contributed by atoms with Crippen molar-refractivity contribution < 1.29 is 0 Å². The summed E-state index contributed by atoms with van der Waals surface area (Å²) in [7, 11) is 0. The Morgan fingerprint density at radius 2 is 0.949 bits per heavy atom. The van der Waals surface area contributed by atoms with E-state index in [1.807, 2.05) is 72.0 Å². The standard InChI is InChI=1S/C54H36N4S/c1-54(2)45-19-11-9-17-39(45)43-31-44-40-18-10-12-20-47(40)58(48(44)32-46(43)54)38-25-21-33(22-26-38)36-23-27-41-42-28-24-37(30-50(42)59-49(41)29-36)53-56-51(34-13-5-3-6-14-34)55-52(57-53)35-15-7-4-8-16-35/h3-32H,1-2H3. The molecule has 4 nitrogen and oxygen atoms in total. The Hall–Kier alpha value is -7.21. The molecule has 59 heavy (non-hydrogen) atoms. The van der Waals surface area contributed by atoms with Gasteiger partial charge >= 0.3 is 0 Å². The van der Waals surface area contributed by atoms with E-state index in [1.165, 1.54) is 75.4 Å². The van der Waals surface area contributed by atoms with Gasteiger partial charge in [0.25, 0.3) is 0 Å². The Morgan fingerprint density at radius 1 is 0.390 bits per heavy atom. The van der Waals surface area contributed by atoms with E-state index >= 15 is 0 Å². The molecule has 0 atom stereocenters. The van der Waals surface area contributed by atoms with Gasteiger partial charge in [-0.15, -0.1) is 11.3 Å². The first kappa shape index (κ1) is 33.9. The van der Waals surface area contributed by atoms with Gasteiger partial charge in [0.1, 0.15) is 0 Å². The minimum atomic E-state index is -0.0668.